The first-order chi connectivity index (χ1) is 6.11. The van der Waals surface area contributed by atoms with Crippen LogP contribution in [0.5, 0.6) is 0 Å². The number of aromatic nitrogens is 2. The second-order valence-corrected chi connectivity index (χ2v) is 2.87. The quantitative estimate of drug-likeness (QED) is 0.587. The summed E-state index contributed by atoms with van der Waals surface area (Å²) in [7, 11) is 0. The van der Waals surface area contributed by atoms with Gasteiger partial charge in [-0.1, -0.05) is 0 Å². The molecule has 0 radical (unpaired) electrons. The van der Waals surface area contributed by atoms with Gasteiger partial charge in [0.1, 0.15) is 11.3 Å². The first kappa shape index (κ1) is 7.78. The lowest BCUT2D eigenvalue weighted by Crippen LogP contribution is -2.15. The molecule has 1 amide bonds. The van der Waals surface area contributed by atoms with E-state index >= 15 is 0 Å². The SMILES string of the molecule is NC(=O)c1c(N)nn2c1C(=O)CC2. The van der Waals surface area contributed by atoms with E-state index < -0.39 is 5.91 Å². The van der Waals surface area contributed by atoms with Crippen molar-refractivity contribution in [3.8, 4) is 0 Å². The van der Waals surface area contributed by atoms with Crippen molar-refractivity contribution < 1.29 is 9.59 Å². The summed E-state index contributed by atoms with van der Waals surface area (Å²) in [4.78, 5) is 22.2. The van der Waals surface area contributed by atoms with E-state index in [4.69, 9.17) is 11.5 Å². The molecule has 0 fully saturated rings. The number of hydrogen-bond donors (Lipinski definition) is 2. The molecule has 2 heterocycles. The lowest BCUT2D eigenvalue weighted by Gasteiger charge is -1.93. The number of nitrogens with two attached hydrogens (primary N) is 2. The monoisotopic (exact) mass is 180 g/mol. The first-order valence-corrected chi connectivity index (χ1v) is 3.80. The molecule has 0 spiro atoms. The molecular formula is C7H8N4O2. The topological polar surface area (TPSA) is 104 Å². The summed E-state index contributed by atoms with van der Waals surface area (Å²) in [5.74, 6) is -0.789. The van der Waals surface area contributed by atoms with Gasteiger partial charge in [0.15, 0.2) is 11.6 Å². The number of anilines is 1. The summed E-state index contributed by atoms with van der Waals surface area (Å²) in [5.41, 5.74) is 10.8. The van der Waals surface area contributed by atoms with Crippen LogP contribution in [0.2, 0.25) is 0 Å². The maximum Gasteiger partial charge on any atom is 0.254 e. The lowest BCUT2D eigenvalue weighted by atomic mass is 10.1. The van der Waals surface area contributed by atoms with Crippen molar-refractivity contribution in [1.82, 2.24) is 9.78 Å². The van der Waals surface area contributed by atoms with E-state index in [1.807, 2.05) is 0 Å². The number of carbonyl (C=O) groups excluding carboxylic acids is 2. The van der Waals surface area contributed by atoms with E-state index in [1.54, 1.807) is 0 Å². The minimum atomic E-state index is -0.700. The van der Waals surface area contributed by atoms with Crippen LogP contribution >= 0.6 is 0 Å². The third-order valence-corrected chi connectivity index (χ3v) is 2.04. The predicted octanol–water partition coefficient (Wildman–Crippen LogP) is -0.849. The second kappa shape index (κ2) is 2.32. The van der Waals surface area contributed by atoms with Crippen LogP contribution in [0.4, 0.5) is 5.82 Å². The Bertz CT molecular complexity index is 407. The highest BCUT2D eigenvalue weighted by molar-refractivity contribution is 6.10. The molecule has 0 aliphatic carbocycles. The van der Waals surface area contributed by atoms with Gasteiger partial charge in [-0.2, -0.15) is 5.10 Å². The average Bonchev–Trinajstić information content (AvgIpc) is 2.51. The van der Waals surface area contributed by atoms with E-state index in [2.05, 4.69) is 5.10 Å². The maximum atomic E-state index is 11.3. The van der Waals surface area contributed by atoms with Crippen LogP contribution < -0.4 is 11.5 Å². The zero-order valence-corrected chi connectivity index (χ0v) is 6.78. The fourth-order valence-electron chi connectivity index (χ4n) is 1.49. The van der Waals surface area contributed by atoms with Gasteiger partial charge < -0.3 is 11.5 Å². The number of rotatable bonds is 1. The Kier molecular flexibility index (Phi) is 1.39. The van der Waals surface area contributed by atoms with Gasteiger partial charge >= 0.3 is 0 Å². The van der Waals surface area contributed by atoms with Crippen LogP contribution in [0.3, 0.4) is 0 Å². The van der Waals surface area contributed by atoms with Crippen molar-refractivity contribution in [2.24, 2.45) is 5.73 Å². The van der Waals surface area contributed by atoms with E-state index in [0.29, 0.717) is 13.0 Å². The molecular weight excluding hydrogens is 172 g/mol. The van der Waals surface area contributed by atoms with Crippen LogP contribution in [-0.4, -0.2) is 21.5 Å². The number of Topliss-reactive ketones (excluding diaryl/α,β-unsaturated/α-hetero) is 1. The van der Waals surface area contributed by atoms with Gasteiger partial charge in [0.05, 0.1) is 0 Å². The van der Waals surface area contributed by atoms with Gasteiger partial charge in [0.25, 0.3) is 5.91 Å². The van der Waals surface area contributed by atoms with Crippen LogP contribution in [-0.2, 0) is 6.54 Å². The molecule has 4 N–H and O–H groups in total. The fourth-order valence-corrected chi connectivity index (χ4v) is 1.49. The Labute approximate surface area is 73.5 Å². The minimum Gasteiger partial charge on any atom is -0.382 e. The molecule has 13 heavy (non-hydrogen) atoms. The van der Waals surface area contributed by atoms with Crippen molar-refractivity contribution in [3.63, 3.8) is 0 Å². The molecule has 0 unspecified atom stereocenters. The van der Waals surface area contributed by atoms with E-state index in [-0.39, 0.29) is 22.9 Å². The molecule has 1 aliphatic rings. The summed E-state index contributed by atoms with van der Waals surface area (Å²) < 4.78 is 1.43. The largest absolute Gasteiger partial charge is 0.382 e. The van der Waals surface area contributed by atoms with Crippen LogP contribution in [0, 0.1) is 0 Å². The Hall–Kier alpha value is -1.85. The number of amides is 1. The number of fused-ring (bicyclic) bond motifs is 1. The second-order valence-electron chi connectivity index (χ2n) is 2.87. The smallest absolute Gasteiger partial charge is 0.254 e. The Balaban J connectivity index is 2.68. The highest BCUT2D eigenvalue weighted by Gasteiger charge is 2.29. The number of nitrogens with zero attached hydrogens (tertiary/aromatic N) is 2. The Morgan fingerprint density at radius 2 is 2.23 bits per heavy atom. The zero-order valence-electron chi connectivity index (χ0n) is 6.78. The van der Waals surface area contributed by atoms with Crippen LogP contribution in [0.15, 0.2) is 0 Å². The van der Waals surface area contributed by atoms with Gasteiger partial charge in [-0.15, -0.1) is 0 Å². The minimum absolute atomic E-state index is 0.0375. The van der Waals surface area contributed by atoms with Gasteiger partial charge in [0.2, 0.25) is 0 Å². The number of ketones is 1. The van der Waals surface area contributed by atoms with Crippen molar-refractivity contribution in [2.75, 3.05) is 5.73 Å². The normalized spacial score (nSPS) is 14.6. The summed E-state index contributed by atoms with van der Waals surface area (Å²) in [6.07, 6.45) is 0.364. The molecule has 0 atom stereocenters. The van der Waals surface area contributed by atoms with Crippen molar-refractivity contribution in [3.05, 3.63) is 11.3 Å². The summed E-state index contributed by atoms with van der Waals surface area (Å²) in [6, 6.07) is 0. The molecule has 0 saturated heterocycles. The summed E-state index contributed by atoms with van der Waals surface area (Å²) >= 11 is 0. The third-order valence-electron chi connectivity index (χ3n) is 2.04. The zero-order chi connectivity index (χ0) is 9.59. The standard InChI is InChI=1S/C7H8N4O2/c8-6-4(7(9)13)5-3(12)1-2-11(5)10-6/h1-2H2,(H2,8,10)(H2,9,13). The molecule has 2 rings (SSSR count). The van der Waals surface area contributed by atoms with Gasteiger partial charge in [-0.05, 0) is 0 Å². The molecule has 1 aliphatic heterocycles. The lowest BCUT2D eigenvalue weighted by molar-refractivity contribution is 0.0966. The molecule has 6 heteroatoms. The fraction of sp³-hybridized carbons (Fsp3) is 0.286. The average molecular weight is 180 g/mol. The molecule has 68 valence electrons. The van der Waals surface area contributed by atoms with Crippen molar-refractivity contribution in [1.29, 1.82) is 0 Å². The van der Waals surface area contributed by atoms with E-state index in [0.717, 1.165) is 0 Å². The molecule has 6 nitrogen and oxygen atoms in total. The summed E-state index contributed by atoms with van der Waals surface area (Å²) in [6.45, 7) is 0.478. The third kappa shape index (κ3) is 0.915. The Morgan fingerprint density at radius 3 is 2.85 bits per heavy atom. The molecule has 1 aromatic rings. The molecule has 0 saturated carbocycles. The van der Waals surface area contributed by atoms with Crippen molar-refractivity contribution in [2.45, 2.75) is 13.0 Å². The number of nitrogen functional groups attached to an aromatic ring is 1. The summed E-state index contributed by atoms with van der Waals surface area (Å²) in [5, 5.41) is 3.84. The van der Waals surface area contributed by atoms with Gasteiger partial charge in [-0.25, -0.2) is 0 Å². The number of primary amides is 1. The molecule has 1 aromatic heterocycles. The van der Waals surface area contributed by atoms with Gasteiger partial charge in [-0.3, -0.25) is 14.3 Å². The molecule has 0 aromatic carbocycles. The van der Waals surface area contributed by atoms with Crippen molar-refractivity contribution >= 4 is 17.5 Å². The number of aryl methyl sites for hydroxylation is 1. The van der Waals surface area contributed by atoms with Crippen LogP contribution in [0.1, 0.15) is 27.3 Å². The number of hydrogen-bond acceptors (Lipinski definition) is 4. The predicted molar refractivity (Wildman–Crippen MR) is 44.1 cm³/mol. The van der Waals surface area contributed by atoms with Gasteiger partial charge in [0, 0.05) is 13.0 Å². The highest BCUT2D eigenvalue weighted by atomic mass is 16.1. The Morgan fingerprint density at radius 1 is 1.54 bits per heavy atom. The van der Waals surface area contributed by atoms with E-state index in [1.165, 1.54) is 4.68 Å². The van der Waals surface area contributed by atoms with Crippen LogP contribution in [0.25, 0.3) is 0 Å². The maximum absolute atomic E-state index is 11.3. The number of carbonyl (C=O) groups is 2. The highest BCUT2D eigenvalue weighted by Crippen LogP contribution is 2.22. The molecule has 0 bridgehead atoms. The van der Waals surface area contributed by atoms with E-state index in [9.17, 15) is 9.59 Å². The first-order valence-electron chi connectivity index (χ1n) is 3.80.